The standard InChI is InChI=1S/C11H20N2OS/c1-4-11(3,9(2)14)7-12-5-10-6-13-8-15-10/h6,8-9,12,14H,4-5,7H2,1-3H3. The lowest BCUT2D eigenvalue weighted by Gasteiger charge is -2.31. The number of hydrogen-bond acceptors (Lipinski definition) is 4. The van der Waals surface area contributed by atoms with Crippen molar-refractivity contribution in [3.05, 3.63) is 16.6 Å². The van der Waals surface area contributed by atoms with Crippen LogP contribution in [0.1, 0.15) is 32.1 Å². The summed E-state index contributed by atoms with van der Waals surface area (Å²) in [6, 6.07) is 0. The van der Waals surface area contributed by atoms with Crippen LogP contribution < -0.4 is 5.32 Å². The van der Waals surface area contributed by atoms with Gasteiger partial charge in [0, 0.05) is 29.6 Å². The van der Waals surface area contributed by atoms with Crippen molar-refractivity contribution in [1.82, 2.24) is 10.3 Å². The van der Waals surface area contributed by atoms with Crippen LogP contribution in [0.4, 0.5) is 0 Å². The van der Waals surface area contributed by atoms with Crippen molar-refractivity contribution < 1.29 is 5.11 Å². The summed E-state index contributed by atoms with van der Waals surface area (Å²) in [6.45, 7) is 7.75. The Morgan fingerprint density at radius 2 is 2.40 bits per heavy atom. The normalized spacial score (nSPS) is 17.3. The van der Waals surface area contributed by atoms with Crippen LogP contribution in [0.2, 0.25) is 0 Å². The van der Waals surface area contributed by atoms with Crippen molar-refractivity contribution in [2.45, 2.75) is 39.8 Å². The number of nitrogens with one attached hydrogen (secondary N) is 1. The van der Waals surface area contributed by atoms with Gasteiger partial charge in [-0.1, -0.05) is 13.8 Å². The summed E-state index contributed by atoms with van der Waals surface area (Å²) in [6.07, 6.45) is 2.57. The Labute approximate surface area is 95.6 Å². The molecule has 0 spiro atoms. The summed E-state index contributed by atoms with van der Waals surface area (Å²) in [4.78, 5) is 5.26. The van der Waals surface area contributed by atoms with Gasteiger partial charge in [0.15, 0.2) is 0 Å². The van der Waals surface area contributed by atoms with Crippen molar-refractivity contribution in [2.24, 2.45) is 5.41 Å². The Bertz CT molecular complexity index is 274. The van der Waals surface area contributed by atoms with Crippen LogP contribution in [0.25, 0.3) is 0 Å². The van der Waals surface area contributed by atoms with Crippen LogP contribution in [0, 0.1) is 5.41 Å². The van der Waals surface area contributed by atoms with Crippen LogP contribution in [-0.2, 0) is 6.54 Å². The third kappa shape index (κ3) is 3.55. The number of hydrogen-bond donors (Lipinski definition) is 2. The van der Waals surface area contributed by atoms with Gasteiger partial charge in [-0.2, -0.15) is 0 Å². The zero-order valence-corrected chi connectivity index (χ0v) is 10.5. The van der Waals surface area contributed by atoms with Gasteiger partial charge in [0.1, 0.15) is 0 Å². The maximum absolute atomic E-state index is 9.68. The lowest BCUT2D eigenvalue weighted by Crippen LogP contribution is -2.39. The number of aliphatic hydroxyl groups is 1. The van der Waals surface area contributed by atoms with Crippen molar-refractivity contribution in [3.63, 3.8) is 0 Å². The van der Waals surface area contributed by atoms with Crippen LogP contribution in [0.5, 0.6) is 0 Å². The van der Waals surface area contributed by atoms with Gasteiger partial charge in [-0.25, -0.2) is 0 Å². The molecule has 0 aliphatic heterocycles. The number of rotatable bonds is 6. The van der Waals surface area contributed by atoms with Crippen LogP contribution in [0.3, 0.4) is 0 Å². The zero-order valence-electron chi connectivity index (χ0n) is 9.66. The van der Waals surface area contributed by atoms with Gasteiger partial charge >= 0.3 is 0 Å². The molecule has 1 rings (SSSR count). The van der Waals surface area contributed by atoms with E-state index in [4.69, 9.17) is 0 Å². The van der Waals surface area contributed by atoms with E-state index < -0.39 is 0 Å². The summed E-state index contributed by atoms with van der Waals surface area (Å²) in [5.41, 5.74) is 1.80. The molecule has 0 radical (unpaired) electrons. The van der Waals surface area contributed by atoms with E-state index in [1.165, 1.54) is 4.88 Å². The van der Waals surface area contributed by atoms with Crippen LogP contribution in [0.15, 0.2) is 11.7 Å². The summed E-state index contributed by atoms with van der Waals surface area (Å²) < 4.78 is 0. The van der Waals surface area contributed by atoms with E-state index in [1.807, 2.05) is 18.6 Å². The highest BCUT2D eigenvalue weighted by molar-refractivity contribution is 7.09. The molecular weight excluding hydrogens is 208 g/mol. The molecule has 1 aromatic heterocycles. The second kappa shape index (κ2) is 5.58. The highest BCUT2D eigenvalue weighted by atomic mass is 32.1. The van der Waals surface area contributed by atoms with E-state index in [-0.39, 0.29) is 11.5 Å². The van der Waals surface area contributed by atoms with E-state index in [2.05, 4.69) is 24.1 Å². The predicted octanol–water partition coefficient (Wildman–Crippen LogP) is 2.03. The third-order valence-electron chi connectivity index (χ3n) is 3.13. The van der Waals surface area contributed by atoms with Gasteiger partial charge < -0.3 is 10.4 Å². The molecule has 1 aromatic rings. The van der Waals surface area contributed by atoms with E-state index in [9.17, 15) is 5.11 Å². The Morgan fingerprint density at radius 3 is 2.87 bits per heavy atom. The van der Waals surface area contributed by atoms with Crippen LogP contribution >= 0.6 is 11.3 Å². The molecule has 2 unspecified atom stereocenters. The van der Waals surface area contributed by atoms with E-state index in [0.717, 1.165) is 19.5 Å². The molecule has 0 aliphatic carbocycles. The molecule has 0 amide bonds. The minimum absolute atomic E-state index is 0.0370. The molecule has 0 saturated carbocycles. The van der Waals surface area contributed by atoms with Gasteiger partial charge in [-0.15, -0.1) is 11.3 Å². The Kier molecular flexibility index (Phi) is 4.70. The maximum atomic E-state index is 9.68. The van der Waals surface area contributed by atoms with Crippen LogP contribution in [-0.4, -0.2) is 22.7 Å². The Morgan fingerprint density at radius 1 is 1.67 bits per heavy atom. The second-order valence-electron chi connectivity index (χ2n) is 4.25. The molecule has 2 atom stereocenters. The number of aliphatic hydroxyl groups excluding tert-OH is 1. The minimum Gasteiger partial charge on any atom is -0.393 e. The maximum Gasteiger partial charge on any atom is 0.0794 e. The summed E-state index contributed by atoms with van der Waals surface area (Å²) >= 11 is 1.65. The van der Waals surface area contributed by atoms with E-state index >= 15 is 0 Å². The third-order valence-corrected chi connectivity index (χ3v) is 3.91. The average molecular weight is 228 g/mol. The summed E-state index contributed by atoms with van der Waals surface area (Å²) in [5, 5.41) is 13.0. The Hall–Kier alpha value is -0.450. The summed E-state index contributed by atoms with van der Waals surface area (Å²) in [7, 11) is 0. The first-order valence-electron chi connectivity index (χ1n) is 5.34. The largest absolute Gasteiger partial charge is 0.393 e. The number of aromatic nitrogens is 1. The van der Waals surface area contributed by atoms with Gasteiger partial charge in [0.2, 0.25) is 0 Å². The topological polar surface area (TPSA) is 45.2 Å². The monoisotopic (exact) mass is 228 g/mol. The highest BCUT2D eigenvalue weighted by Gasteiger charge is 2.27. The fourth-order valence-corrected chi connectivity index (χ4v) is 1.93. The van der Waals surface area contributed by atoms with E-state index in [0.29, 0.717) is 0 Å². The van der Waals surface area contributed by atoms with Gasteiger partial charge in [0.25, 0.3) is 0 Å². The highest BCUT2D eigenvalue weighted by Crippen LogP contribution is 2.24. The molecule has 4 heteroatoms. The average Bonchev–Trinajstić information content (AvgIpc) is 2.70. The first-order valence-corrected chi connectivity index (χ1v) is 6.22. The molecule has 3 nitrogen and oxygen atoms in total. The molecule has 0 aromatic carbocycles. The van der Waals surface area contributed by atoms with Gasteiger partial charge in [-0.3, -0.25) is 4.98 Å². The predicted molar refractivity (Wildman–Crippen MR) is 63.9 cm³/mol. The minimum atomic E-state index is -0.281. The Balaban J connectivity index is 2.35. The molecule has 0 bridgehead atoms. The molecule has 2 N–H and O–H groups in total. The molecular formula is C11H20N2OS. The lowest BCUT2D eigenvalue weighted by atomic mass is 9.82. The molecule has 0 fully saturated rings. The fraction of sp³-hybridized carbons (Fsp3) is 0.727. The SMILES string of the molecule is CCC(C)(CNCc1cncs1)C(C)O. The molecule has 86 valence electrons. The smallest absolute Gasteiger partial charge is 0.0794 e. The first kappa shape index (κ1) is 12.6. The molecule has 0 saturated heterocycles. The molecule has 1 heterocycles. The second-order valence-corrected chi connectivity index (χ2v) is 5.23. The zero-order chi connectivity index (χ0) is 11.3. The molecule has 0 aliphatic rings. The fourth-order valence-electron chi connectivity index (χ4n) is 1.37. The quantitative estimate of drug-likeness (QED) is 0.783. The van der Waals surface area contributed by atoms with Crippen molar-refractivity contribution >= 4 is 11.3 Å². The summed E-state index contributed by atoms with van der Waals surface area (Å²) in [5.74, 6) is 0. The first-order chi connectivity index (χ1) is 7.08. The van der Waals surface area contributed by atoms with Crippen molar-refractivity contribution in [2.75, 3.05) is 6.54 Å². The van der Waals surface area contributed by atoms with Crippen molar-refractivity contribution in [1.29, 1.82) is 0 Å². The lowest BCUT2D eigenvalue weighted by molar-refractivity contribution is 0.0489. The van der Waals surface area contributed by atoms with Crippen molar-refractivity contribution in [3.8, 4) is 0 Å². The number of nitrogens with zero attached hydrogens (tertiary/aromatic N) is 1. The van der Waals surface area contributed by atoms with Gasteiger partial charge in [-0.05, 0) is 13.3 Å². The number of thiazole rings is 1. The molecule has 15 heavy (non-hydrogen) atoms. The van der Waals surface area contributed by atoms with E-state index in [1.54, 1.807) is 11.3 Å². The van der Waals surface area contributed by atoms with Gasteiger partial charge in [0.05, 0.1) is 11.6 Å².